The lowest BCUT2D eigenvalue weighted by atomic mass is 10.0. The summed E-state index contributed by atoms with van der Waals surface area (Å²) in [5.41, 5.74) is 1.33. The number of aromatic nitrogens is 3. The Balaban J connectivity index is 1.57. The molecule has 1 atom stereocenters. The molecule has 7 nitrogen and oxygen atoms in total. The zero-order chi connectivity index (χ0) is 25.1. The topological polar surface area (TPSA) is 97.2 Å². The Morgan fingerprint density at radius 3 is 2.49 bits per heavy atom. The lowest BCUT2D eigenvalue weighted by Crippen LogP contribution is -2.42. The number of benzene rings is 1. The van der Waals surface area contributed by atoms with E-state index in [-0.39, 0.29) is 23.9 Å². The van der Waals surface area contributed by atoms with Crippen LogP contribution in [-0.2, 0) is 12.8 Å². The molecular formula is C25H25F3N4O3. The van der Waals surface area contributed by atoms with Gasteiger partial charge in [0, 0.05) is 24.0 Å². The molecule has 0 radical (unpaired) electrons. The van der Waals surface area contributed by atoms with Crippen molar-refractivity contribution in [2.75, 3.05) is 6.54 Å². The van der Waals surface area contributed by atoms with Gasteiger partial charge in [-0.25, -0.2) is 4.98 Å². The Kier molecular flexibility index (Phi) is 7.02. The lowest BCUT2D eigenvalue weighted by Gasteiger charge is -2.23. The molecule has 2 N–H and O–H groups in total. The number of halogens is 3. The molecule has 2 heterocycles. The summed E-state index contributed by atoms with van der Waals surface area (Å²) in [5, 5.41) is 13.2. The number of carbonyl (C=O) groups excluding carboxylic acids is 1. The molecular weight excluding hydrogens is 461 g/mol. The van der Waals surface area contributed by atoms with Gasteiger partial charge in [-0.2, -0.15) is 0 Å². The number of nitrogens with zero attached hydrogens (tertiary/aromatic N) is 3. The van der Waals surface area contributed by atoms with Gasteiger partial charge in [-0.3, -0.25) is 14.8 Å². The molecule has 184 valence electrons. The van der Waals surface area contributed by atoms with Crippen LogP contribution in [0.2, 0.25) is 0 Å². The van der Waals surface area contributed by atoms with Gasteiger partial charge in [0.2, 0.25) is 0 Å². The molecule has 1 aromatic carbocycles. The molecule has 0 saturated heterocycles. The number of hydrogen-bond donors (Lipinski definition) is 2. The number of carbonyl (C=O) groups is 1. The van der Waals surface area contributed by atoms with Gasteiger partial charge in [0.25, 0.3) is 5.91 Å². The Hall–Kier alpha value is -3.53. The minimum atomic E-state index is -4.80. The highest BCUT2D eigenvalue weighted by atomic mass is 19.4. The Labute approximate surface area is 200 Å². The van der Waals surface area contributed by atoms with Crippen LogP contribution in [0.15, 0.2) is 54.9 Å². The molecule has 1 aliphatic rings. The summed E-state index contributed by atoms with van der Waals surface area (Å²) in [6.45, 7) is 1.77. The van der Waals surface area contributed by atoms with Crippen LogP contribution in [0, 0.1) is 5.92 Å². The number of amides is 1. The smallest absolute Gasteiger partial charge is 0.406 e. The molecule has 1 fully saturated rings. The van der Waals surface area contributed by atoms with Gasteiger partial charge >= 0.3 is 6.36 Å². The van der Waals surface area contributed by atoms with Crippen molar-refractivity contribution in [1.82, 2.24) is 20.3 Å². The number of ether oxygens (including phenoxy) is 1. The highest BCUT2D eigenvalue weighted by Crippen LogP contribution is 2.39. The second-order valence-electron chi connectivity index (χ2n) is 8.76. The van der Waals surface area contributed by atoms with Gasteiger partial charge in [0.15, 0.2) is 0 Å². The molecule has 4 rings (SSSR count). The first-order chi connectivity index (χ1) is 16.6. The molecule has 0 spiro atoms. The normalized spacial score (nSPS) is 15.3. The highest BCUT2D eigenvalue weighted by molar-refractivity contribution is 5.92. The van der Waals surface area contributed by atoms with Gasteiger partial charge in [0.1, 0.15) is 11.4 Å². The lowest BCUT2D eigenvalue weighted by molar-refractivity contribution is -0.274. The Bertz CT molecular complexity index is 1160. The fraction of sp³-hybridized carbons (Fsp3) is 0.360. The van der Waals surface area contributed by atoms with Crippen molar-refractivity contribution in [2.45, 2.75) is 44.6 Å². The average molecular weight is 486 g/mol. The first-order valence-electron chi connectivity index (χ1n) is 11.2. The van der Waals surface area contributed by atoms with E-state index < -0.39 is 17.9 Å². The number of nitrogens with one attached hydrogen (secondary N) is 1. The van der Waals surface area contributed by atoms with Crippen molar-refractivity contribution in [3.63, 3.8) is 0 Å². The highest BCUT2D eigenvalue weighted by Gasteiger charge is 2.40. The standard InChI is InChI=1S/C25H25F3N4O3/c1-24(34,17-7-8-17)15-31-23(33)21-14-30-20(12-9-18-4-2-3-13-29-18)22(32-21)16-5-10-19(11-6-16)35-25(26,27)28/h2-6,10-11,13-14,17,34H,7-9,12,15H2,1H3,(H,31,33)/t24-/m0/s1. The van der Waals surface area contributed by atoms with E-state index in [0.29, 0.717) is 29.8 Å². The van der Waals surface area contributed by atoms with Gasteiger partial charge in [-0.1, -0.05) is 6.07 Å². The van der Waals surface area contributed by atoms with Crippen LogP contribution in [0.1, 0.15) is 41.6 Å². The van der Waals surface area contributed by atoms with Crippen LogP contribution in [-0.4, -0.2) is 44.5 Å². The van der Waals surface area contributed by atoms with Crippen LogP contribution in [0.3, 0.4) is 0 Å². The molecule has 0 unspecified atom stereocenters. The van der Waals surface area contributed by atoms with Crippen molar-refractivity contribution in [2.24, 2.45) is 5.92 Å². The fourth-order valence-corrected chi connectivity index (χ4v) is 3.74. The van der Waals surface area contributed by atoms with Crippen molar-refractivity contribution in [3.05, 3.63) is 71.9 Å². The van der Waals surface area contributed by atoms with Gasteiger partial charge < -0.3 is 15.2 Å². The molecule has 10 heteroatoms. The number of alkyl halides is 3. The number of aliphatic hydroxyl groups is 1. The summed E-state index contributed by atoms with van der Waals surface area (Å²) >= 11 is 0. The molecule has 0 aliphatic heterocycles. The third kappa shape index (κ3) is 6.75. The van der Waals surface area contributed by atoms with Crippen molar-refractivity contribution in [3.8, 4) is 17.0 Å². The average Bonchev–Trinajstić information content (AvgIpc) is 3.68. The molecule has 1 saturated carbocycles. The minimum absolute atomic E-state index is 0.0452. The quantitative estimate of drug-likeness (QED) is 0.473. The van der Waals surface area contributed by atoms with Crippen molar-refractivity contribution in [1.29, 1.82) is 0 Å². The SMILES string of the molecule is C[C@](O)(CNC(=O)c1cnc(CCc2ccccn2)c(-c2ccc(OC(F)(F)F)cc2)n1)C1CC1. The molecule has 3 aromatic rings. The molecule has 1 aliphatic carbocycles. The van der Waals surface area contributed by atoms with E-state index >= 15 is 0 Å². The van der Waals surface area contributed by atoms with E-state index in [1.54, 1.807) is 13.1 Å². The maximum atomic E-state index is 12.7. The molecule has 0 bridgehead atoms. The summed E-state index contributed by atoms with van der Waals surface area (Å²) < 4.78 is 41.5. The van der Waals surface area contributed by atoms with E-state index in [1.807, 2.05) is 18.2 Å². The summed E-state index contributed by atoms with van der Waals surface area (Å²) in [6, 6.07) is 10.8. The predicted molar refractivity (Wildman–Crippen MR) is 121 cm³/mol. The largest absolute Gasteiger partial charge is 0.573 e. The minimum Gasteiger partial charge on any atom is -0.406 e. The van der Waals surface area contributed by atoms with Crippen LogP contribution < -0.4 is 10.1 Å². The monoisotopic (exact) mass is 486 g/mol. The van der Waals surface area contributed by atoms with Crippen LogP contribution in [0.5, 0.6) is 5.75 Å². The summed E-state index contributed by atoms with van der Waals surface area (Å²) in [4.78, 5) is 26.0. The van der Waals surface area contributed by atoms with Gasteiger partial charge in [0.05, 0.1) is 23.2 Å². The zero-order valence-electron chi connectivity index (χ0n) is 19.0. The third-order valence-corrected chi connectivity index (χ3v) is 5.85. The van der Waals surface area contributed by atoms with Crippen molar-refractivity contribution < 1.29 is 27.8 Å². The van der Waals surface area contributed by atoms with Gasteiger partial charge in [-0.05, 0) is 74.9 Å². The second kappa shape index (κ2) is 9.99. The Morgan fingerprint density at radius 2 is 1.86 bits per heavy atom. The molecule has 2 aromatic heterocycles. The zero-order valence-corrected chi connectivity index (χ0v) is 19.0. The van der Waals surface area contributed by atoms with E-state index in [2.05, 4.69) is 25.0 Å². The molecule has 1 amide bonds. The first-order valence-corrected chi connectivity index (χ1v) is 11.2. The van der Waals surface area contributed by atoms with E-state index in [9.17, 15) is 23.1 Å². The Morgan fingerprint density at radius 1 is 1.11 bits per heavy atom. The molecule has 35 heavy (non-hydrogen) atoms. The van der Waals surface area contributed by atoms with Crippen molar-refractivity contribution >= 4 is 5.91 Å². The van der Waals surface area contributed by atoms with E-state index in [1.165, 1.54) is 30.5 Å². The maximum Gasteiger partial charge on any atom is 0.573 e. The van der Waals surface area contributed by atoms with Crippen LogP contribution in [0.25, 0.3) is 11.3 Å². The maximum absolute atomic E-state index is 12.7. The van der Waals surface area contributed by atoms with Crippen LogP contribution in [0.4, 0.5) is 13.2 Å². The summed E-state index contributed by atoms with van der Waals surface area (Å²) in [5.74, 6) is -0.690. The summed E-state index contributed by atoms with van der Waals surface area (Å²) in [7, 11) is 0. The number of aryl methyl sites for hydroxylation is 2. The summed E-state index contributed by atoms with van der Waals surface area (Å²) in [6.07, 6.45) is 1.11. The number of hydrogen-bond acceptors (Lipinski definition) is 6. The van der Waals surface area contributed by atoms with Crippen LogP contribution >= 0.6 is 0 Å². The third-order valence-electron chi connectivity index (χ3n) is 5.85. The van der Waals surface area contributed by atoms with E-state index in [0.717, 1.165) is 18.5 Å². The van der Waals surface area contributed by atoms with E-state index in [4.69, 9.17) is 0 Å². The van der Waals surface area contributed by atoms with Gasteiger partial charge in [-0.15, -0.1) is 13.2 Å². The number of rotatable bonds is 9. The number of pyridine rings is 1. The first kappa shape index (κ1) is 24.6. The fourth-order valence-electron chi connectivity index (χ4n) is 3.74. The second-order valence-corrected chi connectivity index (χ2v) is 8.76. The predicted octanol–water partition coefficient (Wildman–Crippen LogP) is 4.11.